The molecule has 15 heavy (non-hydrogen) atoms. The van der Waals surface area contributed by atoms with E-state index in [-0.39, 0.29) is 0 Å². The summed E-state index contributed by atoms with van der Waals surface area (Å²) in [6.07, 6.45) is 1.58. The second-order valence-corrected chi connectivity index (χ2v) is 3.82. The van der Waals surface area contributed by atoms with Crippen molar-refractivity contribution in [3.05, 3.63) is 28.4 Å². The third-order valence-corrected chi connectivity index (χ3v) is 2.76. The van der Waals surface area contributed by atoms with Gasteiger partial charge >= 0.3 is 5.97 Å². The number of halogens is 2. The zero-order valence-electron chi connectivity index (χ0n) is 7.80. The van der Waals surface area contributed by atoms with Gasteiger partial charge in [-0.1, -0.05) is 23.2 Å². The first-order valence-corrected chi connectivity index (χ1v) is 4.98. The van der Waals surface area contributed by atoms with Gasteiger partial charge in [0, 0.05) is 13.1 Å². The van der Waals surface area contributed by atoms with Gasteiger partial charge in [-0.05, 0) is 12.1 Å². The van der Waals surface area contributed by atoms with Crippen LogP contribution in [0.4, 0.5) is 0 Å². The first-order valence-electron chi connectivity index (χ1n) is 4.23. The van der Waals surface area contributed by atoms with E-state index >= 15 is 0 Å². The molecule has 0 aliphatic carbocycles. The summed E-state index contributed by atoms with van der Waals surface area (Å²) in [5.41, 5.74) is 0.778. The van der Waals surface area contributed by atoms with Gasteiger partial charge in [-0.15, -0.1) is 0 Å². The van der Waals surface area contributed by atoms with Crippen LogP contribution in [0.25, 0.3) is 10.9 Å². The number of nitrogens with one attached hydrogen (secondary N) is 1. The average molecular weight is 244 g/mol. The highest BCUT2D eigenvalue weighted by molar-refractivity contribution is 6.45. The number of aromatic nitrogens is 1. The number of hydrogen-bond acceptors (Lipinski definition) is 2. The standard InChI is InChI=1S/C10H7Cl2NO2/c1-5(14)15-8-4-13-7-3-2-6(11)10(12)9(7)8/h2-4,13H,1H3. The largest absolute Gasteiger partial charge is 0.424 e. The molecule has 0 radical (unpaired) electrons. The maximum absolute atomic E-state index is 10.8. The molecule has 1 aromatic heterocycles. The third-order valence-electron chi connectivity index (χ3n) is 1.95. The molecule has 0 atom stereocenters. The molecule has 1 N–H and O–H groups in total. The van der Waals surface area contributed by atoms with Crippen molar-refractivity contribution in [3.63, 3.8) is 0 Å². The number of carbonyl (C=O) groups excluding carboxylic acids is 1. The fourth-order valence-electron chi connectivity index (χ4n) is 1.36. The fraction of sp³-hybridized carbons (Fsp3) is 0.100. The Hall–Kier alpha value is -1.19. The van der Waals surface area contributed by atoms with Gasteiger partial charge in [0.25, 0.3) is 0 Å². The Bertz CT molecular complexity index is 533. The molecule has 0 aliphatic rings. The minimum absolute atomic E-state index is 0.381. The molecule has 0 fully saturated rings. The van der Waals surface area contributed by atoms with Crippen LogP contribution in [0.15, 0.2) is 18.3 Å². The van der Waals surface area contributed by atoms with Gasteiger partial charge in [0.15, 0.2) is 5.75 Å². The maximum Gasteiger partial charge on any atom is 0.308 e. The molecule has 0 aliphatic heterocycles. The van der Waals surface area contributed by atoms with Crippen molar-refractivity contribution in [2.75, 3.05) is 0 Å². The van der Waals surface area contributed by atoms with E-state index in [1.807, 2.05) is 0 Å². The van der Waals surface area contributed by atoms with E-state index in [2.05, 4.69) is 4.98 Å². The van der Waals surface area contributed by atoms with Crippen molar-refractivity contribution in [1.82, 2.24) is 4.98 Å². The summed E-state index contributed by atoms with van der Waals surface area (Å²) in [7, 11) is 0. The summed E-state index contributed by atoms with van der Waals surface area (Å²) in [5.74, 6) is -0.00283. The van der Waals surface area contributed by atoms with Gasteiger partial charge in [0.05, 0.1) is 20.9 Å². The van der Waals surface area contributed by atoms with E-state index in [0.717, 1.165) is 5.52 Å². The molecule has 0 spiro atoms. The summed E-state index contributed by atoms with van der Waals surface area (Å²) in [5, 5.41) is 1.43. The molecule has 1 heterocycles. The smallest absolute Gasteiger partial charge is 0.308 e. The van der Waals surface area contributed by atoms with Crippen LogP contribution in [0.3, 0.4) is 0 Å². The molecule has 0 bridgehead atoms. The van der Waals surface area contributed by atoms with Crippen LogP contribution in [0.1, 0.15) is 6.92 Å². The first kappa shape index (κ1) is 10.3. The van der Waals surface area contributed by atoms with Gasteiger partial charge in [0.1, 0.15) is 0 Å². The maximum atomic E-state index is 10.8. The summed E-state index contributed by atoms with van der Waals surface area (Å²) in [6.45, 7) is 1.33. The number of aromatic amines is 1. The van der Waals surface area contributed by atoms with Gasteiger partial charge in [-0.3, -0.25) is 4.79 Å². The summed E-state index contributed by atoms with van der Waals surface area (Å²) < 4.78 is 4.99. The minimum atomic E-state index is -0.396. The number of esters is 1. The summed E-state index contributed by atoms with van der Waals surface area (Å²) in [6, 6.07) is 3.46. The molecule has 0 saturated carbocycles. The molecule has 0 saturated heterocycles. The molecular weight excluding hydrogens is 237 g/mol. The van der Waals surface area contributed by atoms with Crippen molar-refractivity contribution in [1.29, 1.82) is 0 Å². The number of rotatable bonds is 1. The molecule has 3 nitrogen and oxygen atoms in total. The van der Waals surface area contributed by atoms with Gasteiger partial charge < -0.3 is 9.72 Å². The lowest BCUT2D eigenvalue weighted by Gasteiger charge is -2.01. The normalized spacial score (nSPS) is 10.6. The van der Waals surface area contributed by atoms with E-state index in [0.29, 0.717) is 21.2 Å². The van der Waals surface area contributed by atoms with Gasteiger partial charge in [-0.25, -0.2) is 0 Å². The highest BCUT2D eigenvalue weighted by Gasteiger charge is 2.12. The van der Waals surface area contributed by atoms with Crippen molar-refractivity contribution in [3.8, 4) is 5.75 Å². The van der Waals surface area contributed by atoms with E-state index in [9.17, 15) is 4.79 Å². The quantitative estimate of drug-likeness (QED) is 0.781. The Kier molecular flexibility index (Phi) is 2.59. The second kappa shape index (κ2) is 3.76. The topological polar surface area (TPSA) is 42.1 Å². The minimum Gasteiger partial charge on any atom is -0.424 e. The predicted octanol–water partition coefficient (Wildman–Crippen LogP) is 3.40. The molecule has 5 heteroatoms. The predicted molar refractivity (Wildman–Crippen MR) is 59.6 cm³/mol. The third kappa shape index (κ3) is 1.80. The number of benzene rings is 1. The highest BCUT2D eigenvalue weighted by atomic mass is 35.5. The lowest BCUT2D eigenvalue weighted by atomic mass is 10.2. The Labute approximate surface area is 95.9 Å². The lowest BCUT2D eigenvalue weighted by Crippen LogP contribution is -2.00. The Morgan fingerprint density at radius 1 is 1.40 bits per heavy atom. The van der Waals surface area contributed by atoms with Crippen molar-refractivity contribution < 1.29 is 9.53 Å². The first-order chi connectivity index (χ1) is 7.09. The van der Waals surface area contributed by atoms with Crippen LogP contribution in [0.5, 0.6) is 5.75 Å². The Morgan fingerprint density at radius 2 is 2.13 bits per heavy atom. The summed E-state index contributed by atoms with van der Waals surface area (Å²) >= 11 is 11.9. The number of fused-ring (bicyclic) bond motifs is 1. The highest BCUT2D eigenvalue weighted by Crippen LogP contribution is 2.36. The van der Waals surface area contributed by atoms with E-state index in [1.165, 1.54) is 6.92 Å². The van der Waals surface area contributed by atoms with Crippen LogP contribution >= 0.6 is 23.2 Å². The zero-order valence-corrected chi connectivity index (χ0v) is 9.32. The van der Waals surface area contributed by atoms with Crippen LogP contribution in [-0.2, 0) is 4.79 Å². The molecule has 0 amide bonds. The van der Waals surface area contributed by atoms with E-state index < -0.39 is 5.97 Å². The Balaban J connectivity index is 2.66. The lowest BCUT2D eigenvalue weighted by molar-refractivity contribution is -0.131. The number of ether oxygens (including phenoxy) is 1. The molecule has 2 aromatic rings. The number of carbonyl (C=O) groups is 1. The molecule has 78 valence electrons. The van der Waals surface area contributed by atoms with E-state index in [4.69, 9.17) is 27.9 Å². The zero-order chi connectivity index (χ0) is 11.0. The van der Waals surface area contributed by atoms with Crippen LogP contribution in [0.2, 0.25) is 10.0 Å². The molecule has 2 rings (SSSR count). The van der Waals surface area contributed by atoms with Crippen molar-refractivity contribution >= 4 is 40.1 Å². The molecule has 1 aromatic carbocycles. The SMILES string of the molecule is CC(=O)Oc1c[nH]c2ccc(Cl)c(Cl)c12. The van der Waals surface area contributed by atoms with Crippen LogP contribution in [0, 0.1) is 0 Å². The van der Waals surface area contributed by atoms with Crippen molar-refractivity contribution in [2.45, 2.75) is 6.92 Å². The molecular formula is C10H7Cl2NO2. The van der Waals surface area contributed by atoms with Crippen LogP contribution in [-0.4, -0.2) is 11.0 Å². The monoisotopic (exact) mass is 243 g/mol. The summed E-state index contributed by atoms with van der Waals surface area (Å²) in [4.78, 5) is 13.8. The fourth-order valence-corrected chi connectivity index (χ4v) is 1.78. The second-order valence-electron chi connectivity index (χ2n) is 3.03. The van der Waals surface area contributed by atoms with E-state index in [1.54, 1.807) is 18.3 Å². The van der Waals surface area contributed by atoms with Crippen LogP contribution < -0.4 is 4.74 Å². The number of H-pyrrole nitrogens is 1. The van der Waals surface area contributed by atoms with Crippen molar-refractivity contribution in [2.24, 2.45) is 0 Å². The molecule has 0 unspecified atom stereocenters. The van der Waals surface area contributed by atoms with Gasteiger partial charge in [0.2, 0.25) is 0 Å². The Morgan fingerprint density at radius 3 is 2.80 bits per heavy atom. The van der Waals surface area contributed by atoms with Gasteiger partial charge in [-0.2, -0.15) is 0 Å². The number of hydrogen-bond donors (Lipinski definition) is 1. The average Bonchev–Trinajstić information content (AvgIpc) is 2.55.